The van der Waals surface area contributed by atoms with Crippen LogP contribution in [0.15, 0.2) is 60.7 Å². The minimum absolute atomic E-state index is 0.136. The molecule has 3 aromatic rings. The first-order valence-corrected chi connectivity index (χ1v) is 7.87. The van der Waals surface area contributed by atoms with E-state index in [9.17, 15) is 0 Å². The van der Waals surface area contributed by atoms with E-state index in [0.29, 0.717) is 0 Å². The summed E-state index contributed by atoms with van der Waals surface area (Å²) in [4.78, 5) is 4.78. The third-order valence-corrected chi connectivity index (χ3v) is 3.78. The van der Waals surface area contributed by atoms with Crippen molar-refractivity contribution >= 4 is 11.0 Å². The number of para-hydroxylation sites is 2. The predicted molar refractivity (Wildman–Crippen MR) is 94.8 cm³/mol. The molecule has 0 spiro atoms. The maximum Gasteiger partial charge on any atom is 0.153 e. The summed E-state index contributed by atoms with van der Waals surface area (Å²) in [7, 11) is 0. The third-order valence-electron chi connectivity index (χ3n) is 3.78. The number of allylic oxidation sites excluding steroid dienone is 1. The zero-order chi connectivity index (χ0) is 16.4. The lowest BCUT2D eigenvalue weighted by Crippen LogP contribution is -2.12. The zero-order valence-corrected chi connectivity index (χ0v) is 13.9. The lowest BCUT2D eigenvalue weighted by Gasteiger charge is -2.17. The van der Waals surface area contributed by atoms with Crippen LogP contribution < -0.4 is 4.74 Å². The van der Waals surface area contributed by atoms with Crippen LogP contribution in [0.3, 0.4) is 0 Å². The molecule has 3 nitrogen and oxygen atoms in total. The second-order valence-electron chi connectivity index (χ2n) is 6.08. The highest BCUT2D eigenvalue weighted by Gasteiger charge is 2.18. The normalized spacial score (nSPS) is 12.3. The van der Waals surface area contributed by atoms with Crippen LogP contribution in [0.5, 0.6) is 5.75 Å². The van der Waals surface area contributed by atoms with Crippen molar-refractivity contribution in [3.8, 4) is 5.75 Å². The molecule has 0 aliphatic rings. The van der Waals surface area contributed by atoms with E-state index in [2.05, 4.69) is 30.2 Å². The number of nitrogens with zero attached hydrogens (tertiary/aromatic N) is 2. The summed E-state index contributed by atoms with van der Waals surface area (Å²) < 4.78 is 8.31. The molecule has 3 heteroatoms. The summed E-state index contributed by atoms with van der Waals surface area (Å²) in [6, 6.07) is 16.3. The minimum atomic E-state index is -0.136. The van der Waals surface area contributed by atoms with Crippen LogP contribution in [0.4, 0.5) is 0 Å². The molecule has 0 bridgehead atoms. The fourth-order valence-electron chi connectivity index (χ4n) is 2.79. The van der Waals surface area contributed by atoms with Crippen LogP contribution in [-0.2, 0) is 6.54 Å². The molecule has 0 aliphatic heterocycles. The molecule has 2 aromatic carbocycles. The zero-order valence-electron chi connectivity index (χ0n) is 13.9. The van der Waals surface area contributed by atoms with E-state index in [1.54, 1.807) is 0 Å². The van der Waals surface area contributed by atoms with E-state index in [-0.39, 0.29) is 6.10 Å². The molecule has 0 saturated carbocycles. The largest absolute Gasteiger partial charge is 0.483 e. The molecule has 0 N–H and O–H groups in total. The summed E-state index contributed by atoms with van der Waals surface area (Å²) in [6.45, 7) is 10.9. The Hall–Kier alpha value is -2.55. The van der Waals surface area contributed by atoms with Gasteiger partial charge in [0, 0.05) is 6.54 Å². The Morgan fingerprint density at radius 3 is 2.74 bits per heavy atom. The maximum atomic E-state index is 6.12. The Labute approximate surface area is 137 Å². The van der Waals surface area contributed by atoms with Gasteiger partial charge >= 0.3 is 0 Å². The quantitative estimate of drug-likeness (QED) is 0.616. The van der Waals surface area contributed by atoms with Gasteiger partial charge in [0.1, 0.15) is 5.75 Å². The second-order valence-corrected chi connectivity index (χ2v) is 6.08. The van der Waals surface area contributed by atoms with E-state index < -0.39 is 0 Å². The molecule has 23 heavy (non-hydrogen) atoms. The number of hydrogen-bond acceptors (Lipinski definition) is 2. The van der Waals surface area contributed by atoms with E-state index in [1.807, 2.05) is 50.2 Å². The average Bonchev–Trinajstić information content (AvgIpc) is 2.86. The van der Waals surface area contributed by atoms with Gasteiger partial charge in [-0.2, -0.15) is 0 Å². The van der Waals surface area contributed by atoms with Crippen molar-refractivity contribution in [1.82, 2.24) is 9.55 Å². The highest BCUT2D eigenvalue weighted by Crippen LogP contribution is 2.26. The fourth-order valence-corrected chi connectivity index (χ4v) is 2.79. The maximum absolute atomic E-state index is 6.12. The molecule has 0 saturated heterocycles. The molecule has 0 aliphatic carbocycles. The van der Waals surface area contributed by atoms with Gasteiger partial charge in [-0.3, -0.25) is 0 Å². The summed E-state index contributed by atoms with van der Waals surface area (Å²) in [5, 5.41) is 0. The van der Waals surface area contributed by atoms with Gasteiger partial charge in [0.2, 0.25) is 0 Å². The van der Waals surface area contributed by atoms with Gasteiger partial charge in [-0.1, -0.05) is 36.4 Å². The fraction of sp³-hybridized carbons (Fsp3) is 0.250. The number of aromatic nitrogens is 2. The van der Waals surface area contributed by atoms with E-state index in [1.165, 1.54) is 5.56 Å². The molecular weight excluding hydrogens is 284 g/mol. The summed E-state index contributed by atoms with van der Waals surface area (Å²) in [6.07, 6.45) is -0.136. The number of imidazole rings is 1. The van der Waals surface area contributed by atoms with Crippen molar-refractivity contribution in [1.29, 1.82) is 0 Å². The van der Waals surface area contributed by atoms with Crippen molar-refractivity contribution < 1.29 is 4.74 Å². The van der Waals surface area contributed by atoms with Crippen LogP contribution in [-0.4, -0.2) is 9.55 Å². The Balaban J connectivity index is 1.98. The van der Waals surface area contributed by atoms with Crippen molar-refractivity contribution in [2.45, 2.75) is 33.4 Å². The first-order chi connectivity index (χ1) is 11.0. The average molecular weight is 306 g/mol. The van der Waals surface area contributed by atoms with E-state index in [0.717, 1.165) is 34.7 Å². The van der Waals surface area contributed by atoms with Gasteiger partial charge in [0.05, 0.1) is 11.0 Å². The van der Waals surface area contributed by atoms with Crippen molar-refractivity contribution in [2.24, 2.45) is 0 Å². The van der Waals surface area contributed by atoms with Crippen LogP contribution in [0.2, 0.25) is 0 Å². The van der Waals surface area contributed by atoms with Gasteiger partial charge in [0.15, 0.2) is 11.9 Å². The summed E-state index contributed by atoms with van der Waals surface area (Å²) in [5.41, 5.74) is 4.39. The molecule has 1 heterocycles. The van der Waals surface area contributed by atoms with Gasteiger partial charge in [-0.25, -0.2) is 4.98 Å². The number of benzene rings is 2. The Morgan fingerprint density at radius 2 is 2.00 bits per heavy atom. The minimum Gasteiger partial charge on any atom is -0.483 e. The predicted octanol–water partition coefficient (Wildman–Crippen LogP) is 5.06. The monoisotopic (exact) mass is 306 g/mol. The first kappa shape index (κ1) is 15.3. The molecule has 118 valence electrons. The van der Waals surface area contributed by atoms with Crippen molar-refractivity contribution in [2.75, 3.05) is 0 Å². The Bertz CT molecular complexity index is 848. The lowest BCUT2D eigenvalue weighted by molar-refractivity contribution is 0.212. The summed E-state index contributed by atoms with van der Waals surface area (Å²) >= 11 is 0. The van der Waals surface area contributed by atoms with Crippen LogP contribution in [0.25, 0.3) is 11.0 Å². The standard InChI is InChI=1S/C20H22N2O/c1-14(2)13-22-19-11-6-5-10-18(19)21-20(22)16(4)23-17-9-7-8-15(3)12-17/h5-12,16H,1,13H2,2-4H3/t16-/m1/s1. The Kier molecular flexibility index (Phi) is 4.20. The van der Waals surface area contributed by atoms with Crippen LogP contribution in [0, 0.1) is 6.92 Å². The highest BCUT2D eigenvalue weighted by molar-refractivity contribution is 5.76. The van der Waals surface area contributed by atoms with E-state index in [4.69, 9.17) is 9.72 Å². The van der Waals surface area contributed by atoms with Crippen LogP contribution in [0.1, 0.15) is 31.3 Å². The lowest BCUT2D eigenvalue weighted by atomic mass is 10.2. The molecule has 0 unspecified atom stereocenters. The van der Waals surface area contributed by atoms with Crippen LogP contribution >= 0.6 is 0 Å². The highest BCUT2D eigenvalue weighted by atomic mass is 16.5. The molecule has 1 aromatic heterocycles. The van der Waals surface area contributed by atoms with Gasteiger partial charge in [0.25, 0.3) is 0 Å². The number of ether oxygens (including phenoxy) is 1. The molecule has 0 amide bonds. The number of fused-ring (bicyclic) bond motifs is 1. The second kappa shape index (κ2) is 6.29. The molecule has 1 atom stereocenters. The third kappa shape index (κ3) is 3.29. The van der Waals surface area contributed by atoms with E-state index >= 15 is 0 Å². The summed E-state index contributed by atoms with van der Waals surface area (Å²) in [5.74, 6) is 1.79. The molecular formula is C20H22N2O. The van der Waals surface area contributed by atoms with Gasteiger partial charge in [-0.05, 0) is 50.6 Å². The molecule has 0 radical (unpaired) electrons. The first-order valence-electron chi connectivity index (χ1n) is 7.87. The number of aryl methyl sites for hydroxylation is 1. The van der Waals surface area contributed by atoms with Gasteiger partial charge in [-0.15, -0.1) is 0 Å². The number of rotatable bonds is 5. The van der Waals surface area contributed by atoms with Crippen molar-refractivity contribution in [3.63, 3.8) is 0 Å². The SMILES string of the molecule is C=C(C)Cn1c([C@@H](C)Oc2cccc(C)c2)nc2ccccc21. The van der Waals surface area contributed by atoms with Gasteiger partial charge < -0.3 is 9.30 Å². The number of hydrogen-bond donors (Lipinski definition) is 0. The molecule has 3 rings (SSSR count). The van der Waals surface area contributed by atoms with Crippen molar-refractivity contribution in [3.05, 3.63) is 72.1 Å². The topological polar surface area (TPSA) is 27.1 Å². The smallest absolute Gasteiger partial charge is 0.153 e. The Morgan fingerprint density at radius 1 is 1.22 bits per heavy atom. The molecule has 0 fully saturated rings.